The highest BCUT2D eigenvalue weighted by molar-refractivity contribution is 9.09. The van der Waals surface area contributed by atoms with Crippen LogP contribution in [0.5, 0.6) is 0 Å². The summed E-state index contributed by atoms with van der Waals surface area (Å²) in [5, 5.41) is 0. The first kappa shape index (κ1) is 12.4. The van der Waals surface area contributed by atoms with Crippen molar-refractivity contribution in [2.75, 3.05) is 0 Å². The van der Waals surface area contributed by atoms with Crippen molar-refractivity contribution >= 4 is 15.9 Å². The lowest BCUT2D eigenvalue weighted by Gasteiger charge is -2.05. The van der Waals surface area contributed by atoms with Crippen molar-refractivity contribution in [3.05, 3.63) is 60.2 Å². The highest BCUT2D eigenvalue weighted by atomic mass is 79.9. The van der Waals surface area contributed by atoms with E-state index in [-0.39, 0.29) is 0 Å². The van der Waals surface area contributed by atoms with Crippen LogP contribution in [-0.2, 0) is 6.42 Å². The summed E-state index contributed by atoms with van der Waals surface area (Å²) in [6.45, 7) is 2.19. The van der Waals surface area contributed by atoms with E-state index >= 15 is 0 Å². The molecule has 0 aliphatic carbocycles. The van der Waals surface area contributed by atoms with E-state index in [1.165, 1.54) is 23.1 Å². The molecular formula is C16H17Br. The Morgan fingerprint density at radius 1 is 0.882 bits per heavy atom. The standard InChI is InChI=1S/C16H17Br/c1-13(17)7-8-14-9-11-16(12-10-14)15-5-3-2-4-6-15/h2-6,9-13H,7-8H2,1H3. The second-order valence-corrected chi connectivity index (χ2v) is 5.95. The highest BCUT2D eigenvalue weighted by Gasteiger charge is 1.99. The van der Waals surface area contributed by atoms with Gasteiger partial charge in [0.15, 0.2) is 0 Å². The highest BCUT2D eigenvalue weighted by Crippen LogP contribution is 2.20. The molecule has 0 nitrogen and oxygen atoms in total. The monoisotopic (exact) mass is 288 g/mol. The molecule has 0 saturated heterocycles. The molecule has 0 aliphatic rings. The summed E-state index contributed by atoms with van der Waals surface area (Å²) in [7, 11) is 0. The van der Waals surface area contributed by atoms with Gasteiger partial charge in [0, 0.05) is 4.83 Å². The molecule has 88 valence electrons. The summed E-state index contributed by atoms with van der Waals surface area (Å²) in [5.41, 5.74) is 3.99. The third-order valence-corrected chi connectivity index (χ3v) is 3.35. The van der Waals surface area contributed by atoms with E-state index < -0.39 is 0 Å². The molecule has 2 aromatic carbocycles. The van der Waals surface area contributed by atoms with Crippen molar-refractivity contribution in [1.82, 2.24) is 0 Å². The molecule has 0 spiro atoms. The van der Waals surface area contributed by atoms with Gasteiger partial charge in [-0.1, -0.05) is 77.5 Å². The van der Waals surface area contributed by atoms with Crippen molar-refractivity contribution in [3.8, 4) is 11.1 Å². The molecule has 0 heterocycles. The second-order valence-electron chi connectivity index (χ2n) is 4.38. The van der Waals surface area contributed by atoms with E-state index in [2.05, 4.69) is 77.5 Å². The van der Waals surface area contributed by atoms with Crippen LogP contribution in [0.3, 0.4) is 0 Å². The van der Waals surface area contributed by atoms with Gasteiger partial charge in [-0.15, -0.1) is 0 Å². The SMILES string of the molecule is CC(Br)CCc1ccc(-c2ccccc2)cc1. The predicted octanol–water partition coefficient (Wildman–Crippen LogP) is 5.07. The minimum Gasteiger partial charge on any atom is -0.0894 e. The Balaban J connectivity index is 2.08. The Hall–Kier alpha value is -1.08. The maximum Gasteiger partial charge on any atom is 0.0120 e. The molecule has 17 heavy (non-hydrogen) atoms. The van der Waals surface area contributed by atoms with Crippen LogP contribution in [0, 0.1) is 0 Å². The Labute approximate surface area is 112 Å². The summed E-state index contributed by atoms with van der Waals surface area (Å²) in [6.07, 6.45) is 2.33. The molecule has 0 bridgehead atoms. The van der Waals surface area contributed by atoms with Gasteiger partial charge in [-0.05, 0) is 29.5 Å². The molecule has 0 amide bonds. The van der Waals surface area contributed by atoms with Crippen LogP contribution in [0.2, 0.25) is 0 Å². The summed E-state index contributed by atoms with van der Waals surface area (Å²) in [6, 6.07) is 19.4. The quantitative estimate of drug-likeness (QED) is 0.689. The van der Waals surface area contributed by atoms with E-state index in [4.69, 9.17) is 0 Å². The van der Waals surface area contributed by atoms with Gasteiger partial charge >= 0.3 is 0 Å². The summed E-state index contributed by atoms with van der Waals surface area (Å²) < 4.78 is 0. The first-order valence-electron chi connectivity index (χ1n) is 6.04. The van der Waals surface area contributed by atoms with E-state index in [1.807, 2.05) is 0 Å². The predicted molar refractivity (Wildman–Crippen MR) is 78.6 cm³/mol. The number of benzene rings is 2. The summed E-state index contributed by atoms with van der Waals surface area (Å²) in [5.74, 6) is 0. The van der Waals surface area contributed by atoms with Crippen LogP contribution in [0.15, 0.2) is 54.6 Å². The lowest BCUT2D eigenvalue weighted by atomic mass is 10.0. The zero-order valence-corrected chi connectivity index (χ0v) is 11.7. The van der Waals surface area contributed by atoms with Crippen LogP contribution < -0.4 is 0 Å². The fourth-order valence-corrected chi connectivity index (χ4v) is 2.09. The first-order valence-corrected chi connectivity index (χ1v) is 6.96. The number of rotatable bonds is 4. The van der Waals surface area contributed by atoms with E-state index in [0.717, 1.165) is 6.42 Å². The zero-order valence-electron chi connectivity index (χ0n) is 10.1. The fraction of sp³-hybridized carbons (Fsp3) is 0.250. The van der Waals surface area contributed by atoms with Gasteiger partial charge in [-0.3, -0.25) is 0 Å². The third kappa shape index (κ3) is 3.71. The lowest BCUT2D eigenvalue weighted by Crippen LogP contribution is -1.93. The van der Waals surface area contributed by atoms with Crippen molar-refractivity contribution in [2.45, 2.75) is 24.6 Å². The molecule has 0 saturated carbocycles. The Bertz CT molecular complexity index is 443. The second kappa shape index (κ2) is 6.02. The topological polar surface area (TPSA) is 0 Å². The van der Waals surface area contributed by atoms with E-state index in [0.29, 0.717) is 4.83 Å². The van der Waals surface area contributed by atoms with E-state index in [9.17, 15) is 0 Å². The molecule has 2 aromatic rings. The van der Waals surface area contributed by atoms with Gasteiger partial charge in [-0.25, -0.2) is 0 Å². The lowest BCUT2D eigenvalue weighted by molar-refractivity contribution is 0.822. The fourth-order valence-electron chi connectivity index (χ4n) is 1.86. The van der Waals surface area contributed by atoms with Gasteiger partial charge in [0.2, 0.25) is 0 Å². The van der Waals surface area contributed by atoms with Gasteiger partial charge in [0.1, 0.15) is 0 Å². The molecule has 1 heteroatoms. The number of halogens is 1. The normalized spacial score (nSPS) is 12.4. The molecular weight excluding hydrogens is 272 g/mol. The zero-order chi connectivity index (χ0) is 12.1. The number of hydrogen-bond donors (Lipinski definition) is 0. The average molecular weight is 289 g/mol. The van der Waals surface area contributed by atoms with Crippen molar-refractivity contribution in [2.24, 2.45) is 0 Å². The van der Waals surface area contributed by atoms with Gasteiger partial charge < -0.3 is 0 Å². The number of aryl methyl sites for hydroxylation is 1. The van der Waals surface area contributed by atoms with Gasteiger partial charge in [0.05, 0.1) is 0 Å². The van der Waals surface area contributed by atoms with E-state index in [1.54, 1.807) is 0 Å². The molecule has 0 N–H and O–H groups in total. The van der Waals surface area contributed by atoms with Crippen LogP contribution in [-0.4, -0.2) is 4.83 Å². The van der Waals surface area contributed by atoms with Crippen LogP contribution in [0.4, 0.5) is 0 Å². The van der Waals surface area contributed by atoms with Crippen LogP contribution >= 0.6 is 15.9 Å². The molecule has 2 rings (SSSR count). The maximum absolute atomic E-state index is 3.58. The van der Waals surface area contributed by atoms with Crippen molar-refractivity contribution in [1.29, 1.82) is 0 Å². The maximum atomic E-state index is 3.58. The van der Waals surface area contributed by atoms with Gasteiger partial charge in [-0.2, -0.15) is 0 Å². The van der Waals surface area contributed by atoms with Crippen molar-refractivity contribution < 1.29 is 0 Å². The minimum atomic E-state index is 0.594. The molecule has 0 aliphatic heterocycles. The summed E-state index contributed by atoms with van der Waals surface area (Å²) in [4.78, 5) is 0.594. The summed E-state index contributed by atoms with van der Waals surface area (Å²) >= 11 is 3.58. The molecule has 0 aromatic heterocycles. The van der Waals surface area contributed by atoms with Crippen LogP contribution in [0.25, 0.3) is 11.1 Å². The third-order valence-electron chi connectivity index (χ3n) is 2.89. The van der Waals surface area contributed by atoms with Gasteiger partial charge in [0.25, 0.3) is 0 Å². The minimum absolute atomic E-state index is 0.594. The Kier molecular flexibility index (Phi) is 4.38. The molecule has 0 radical (unpaired) electrons. The largest absolute Gasteiger partial charge is 0.0894 e. The molecule has 1 unspecified atom stereocenters. The first-order chi connectivity index (χ1) is 8.25. The van der Waals surface area contributed by atoms with Crippen molar-refractivity contribution in [3.63, 3.8) is 0 Å². The Morgan fingerprint density at radius 3 is 2.06 bits per heavy atom. The van der Waals surface area contributed by atoms with Crippen LogP contribution in [0.1, 0.15) is 18.9 Å². The molecule has 0 fully saturated rings. The molecule has 1 atom stereocenters. The smallest absolute Gasteiger partial charge is 0.0120 e. The number of alkyl halides is 1. The average Bonchev–Trinajstić information content (AvgIpc) is 2.38. The Morgan fingerprint density at radius 2 is 1.47 bits per heavy atom. The number of hydrogen-bond acceptors (Lipinski definition) is 0.